The van der Waals surface area contributed by atoms with E-state index >= 15 is 0 Å². The number of amides is 1. The Morgan fingerprint density at radius 1 is 1.00 bits per heavy atom. The molecule has 1 aromatic carbocycles. The Labute approximate surface area is 168 Å². The summed E-state index contributed by atoms with van der Waals surface area (Å²) in [6.07, 6.45) is 11.5. The van der Waals surface area contributed by atoms with Crippen LogP contribution >= 0.6 is 0 Å². The zero-order valence-corrected chi connectivity index (χ0v) is 17.6. The molecule has 2 aliphatic carbocycles. The fraction of sp³-hybridized carbons (Fsp3) is 0.682. The molecule has 2 fully saturated rings. The lowest BCUT2D eigenvalue weighted by molar-refractivity contribution is -0.125. The number of rotatable bonds is 4. The first-order valence-corrected chi connectivity index (χ1v) is 12.4. The van der Waals surface area contributed by atoms with E-state index in [0.717, 1.165) is 62.6 Å². The molecule has 1 aliphatic heterocycles. The van der Waals surface area contributed by atoms with Gasteiger partial charge in [-0.2, -0.15) is 0 Å². The molecule has 5 nitrogen and oxygen atoms in total. The van der Waals surface area contributed by atoms with Crippen LogP contribution in [0.5, 0.6) is 0 Å². The van der Waals surface area contributed by atoms with Crippen molar-refractivity contribution < 1.29 is 13.2 Å². The third kappa shape index (κ3) is 3.99. The quantitative estimate of drug-likeness (QED) is 0.819. The summed E-state index contributed by atoms with van der Waals surface area (Å²) in [6.45, 7) is 2.05. The van der Waals surface area contributed by atoms with Crippen LogP contribution in [0, 0.1) is 5.92 Å². The maximum Gasteiger partial charge on any atom is 0.240 e. The predicted molar refractivity (Wildman–Crippen MR) is 111 cm³/mol. The molecule has 0 unspecified atom stereocenters. The standard InChI is InChI=1S/C22H32N2O3S/c1-16-14-18-15-20(12-13-21(18)24(16)22(25)17-8-7-9-17)28(26,27)23-19-10-5-3-2-4-6-11-19/h12-13,15-17,19,23H,2-11,14H2,1H3/t16-/m0/s1. The highest BCUT2D eigenvalue weighted by atomic mass is 32.2. The number of benzene rings is 1. The average Bonchev–Trinajstić information content (AvgIpc) is 2.90. The SMILES string of the molecule is C[C@H]1Cc2cc(S(=O)(=O)NC3CCCCCCC3)ccc2N1C(=O)C1CCC1. The topological polar surface area (TPSA) is 66.5 Å². The number of carbonyl (C=O) groups is 1. The molecule has 0 spiro atoms. The number of hydrogen-bond donors (Lipinski definition) is 1. The Bertz CT molecular complexity index is 824. The van der Waals surface area contributed by atoms with E-state index < -0.39 is 10.0 Å². The van der Waals surface area contributed by atoms with Crippen LogP contribution < -0.4 is 9.62 Å². The molecule has 3 aliphatic rings. The van der Waals surface area contributed by atoms with Gasteiger partial charge in [-0.1, -0.05) is 38.5 Å². The molecule has 154 valence electrons. The van der Waals surface area contributed by atoms with E-state index in [-0.39, 0.29) is 23.9 Å². The summed E-state index contributed by atoms with van der Waals surface area (Å²) in [7, 11) is -3.53. The maximum atomic E-state index is 13.0. The summed E-state index contributed by atoms with van der Waals surface area (Å²) < 4.78 is 28.9. The van der Waals surface area contributed by atoms with Crippen molar-refractivity contribution in [2.75, 3.05) is 4.90 Å². The van der Waals surface area contributed by atoms with E-state index in [4.69, 9.17) is 0 Å². The van der Waals surface area contributed by atoms with E-state index in [0.29, 0.717) is 4.90 Å². The van der Waals surface area contributed by atoms with Gasteiger partial charge >= 0.3 is 0 Å². The zero-order chi connectivity index (χ0) is 19.7. The molecule has 6 heteroatoms. The summed E-state index contributed by atoms with van der Waals surface area (Å²) >= 11 is 0. The van der Waals surface area contributed by atoms with Gasteiger partial charge in [0.05, 0.1) is 4.90 Å². The minimum atomic E-state index is -3.53. The number of nitrogens with zero attached hydrogens (tertiary/aromatic N) is 1. The number of nitrogens with one attached hydrogen (secondary N) is 1. The van der Waals surface area contributed by atoms with E-state index in [1.54, 1.807) is 12.1 Å². The third-order valence-electron chi connectivity index (χ3n) is 6.70. The molecule has 2 saturated carbocycles. The maximum absolute atomic E-state index is 13.0. The lowest BCUT2D eigenvalue weighted by Gasteiger charge is -2.32. The molecule has 1 heterocycles. The van der Waals surface area contributed by atoms with E-state index in [2.05, 4.69) is 11.6 Å². The molecule has 0 bridgehead atoms. The Hall–Kier alpha value is -1.40. The van der Waals surface area contributed by atoms with Crippen LogP contribution in [0.15, 0.2) is 23.1 Å². The minimum absolute atomic E-state index is 0.0363. The van der Waals surface area contributed by atoms with Gasteiger partial charge in [0.2, 0.25) is 15.9 Å². The second kappa shape index (κ2) is 8.15. The zero-order valence-electron chi connectivity index (χ0n) is 16.8. The highest BCUT2D eigenvalue weighted by Crippen LogP contribution is 2.38. The van der Waals surface area contributed by atoms with Gasteiger partial charge in [-0.05, 0) is 62.8 Å². The number of hydrogen-bond acceptors (Lipinski definition) is 3. The van der Waals surface area contributed by atoms with Gasteiger partial charge < -0.3 is 4.90 Å². The molecular weight excluding hydrogens is 372 g/mol. The lowest BCUT2D eigenvalue weighted by atomic mass is 9.84. The van der Waals surface area contributed by atoms with Crippen molar-refractivity contribution in [3.8, 4) is 0 Å². The first-order chi connectivity index (χ1) is 13.5. The second-order valence-electron chi connectivity index (χ2n) is 8.84. The van der Waals surface area contributed by atoms with Crippen molar-refractivity contribution in [2.24, 2.45) is 5.92 Å². The molecule has 4 rings (SSSR count). The molecule has 1 atom stereocenters. The van der Waals surface area contributed by atoms with Crippen molar-refractivity contribution in [1.82, 2.24) is 4.72 Å². The first kappa shape index (κ1) is 19.9. The van der Waals surface area contributed by atoms with Gasteiger partial charge in [-0.25, -0.2) is 13.1 Å². The monoisotopic (exact) mass is 404 g/mol. The smallest absolute Gasteiger partial charge is 0.240 e. The molecule has 0 aromatic heterocycles. The van der Waals surface area contributed by atoms with Gasteiger partial charge in [0.25, 0.3) is 0 Å². The largest absolute Gasteiger partial charge is 0.309 e. The molecule has 1 N–H and O–H groups in total. The fourth-order valence-electron chi connectivity index (χ4n) is 4.82. The Morgan fingerprint density at radius 3 is 2.32 bits per heavy atom. The van der Waals surface area contributed by atoms with Crippen molar-refractivity contribution >= 4 is 21.6 Å². The Balaban J connectivity index is 1.51. The highest BCUT2D eigenvalue weighted by molar-refractivity contribution is 7.89. The van der Waals surface area contributed by atoms with Crippen LogP contribution in [0.25, 0.3) is 0 Å². The van der Waals surface area contributed by atoms with Crippen LogP contribution in [0.2, 0.25) is 0 Å². The average molecular weight is 405 g/mol. The summed E-state index contributed by atoms with van der Waals surface area (Å²) in [5, 5.41) is 0. The summed E-state index contributed by atoms with van der Waals surface area (Å²) in [5.41, 5.74) is 1.87. The third-order valence-corrected chi connectivity index (χ3v) is 8.21. The van der Waals surface area contributed by atoms with Crippen LogP contribution in [-0.2, 0) is 21.2 Å². The number of anilines is 1. The normalized spacial score (nSPS) is 24.3. The molecule has 28 heavy (non-hydrogen) atoms. The number of sulfonamides is 1. The lowest BCUT2D eigenvalue weighted by Crippen LogP contribution is -2.42. The van der Waals surface area contributed by atoms with Crippen molar-refractivity contribution in [3.05, 3.63) is 23.8 Å². The predicted octanol–water partition coefficient (Wildman–Crippen LogP) is 4.16. The van der Waals surface area contributed by atoms with Crippen LogP contribution in [0.3, 0.4) is 0 Å². The number of carbonyl (C=O) groups excluding carboxylic acids is 1. The van der Waals surface area contributed by atoms with Crippen molar-refractivity contribution in [1.29, 1.82) is 0 Å². The fourth-order valence-corrected chi connectivity index (χ4v) is 6.18. The minimum Gasteiger partial charge on any atom is -0.309 e. The molecule has 1 aromatic rings. The molecule has 1 amide bonds. The highest BCUT2D eigenvalue weighted by Gasteiger charge is 2.37. The van der Waals surface area contributed by atoms with Gasteiger partial charge in [-0.15, -0.1) is 0 Å². The van der Waals surface area contributed by atoms with E-state index in [1.165, 1.54) is 19.3 Å². The molecule has 0 radical (unpaired) electrons. The van der Waals surface area contributed by atoms with Gasteiger partial charge in [0, 0.05) is 23.7 Å². The van der Waals surface area contributed by atoms with Gasteiger partial charge in [0.1, 0.15) is 0 Å². The van der Waals surface area contributed by atoms with E-state index in [1.807, 2.05) is 11.0 Å². The second-order valence-corrected chi connectivity index (χ2v) is 10.6. The van der Waals surface area contributed by atoms with Gasteiger partial charge in [0.15, 0.2) is 0 Å². The van der Waals surface area contributed by atoms with Crippen LogP contribution in [0.4, 0.5) is 5.69 Å². The van der Waals surface area contributed by atoms with Gasteiger partial charge in [-0.3, -0.25) is 4.79 Å². The first-order valence-electron chi connectivity index (χ1n) is 10.9. The van der Waals surface area contributed by atoms with Crippen molar-refractivity contribution in [3.63, 3.8) is 0 Å². The van der Waals surface area contributed by atoms with Crippen LogP contribution in [0.1, 0.15) is 76.7 Å². The molecular formula is C22H32N2O3S. The molecule has 0 saturated heterocycles. The van der Waals surface area contributed by atoms with Crippen LogP contribution in [-0.4, -0.2) is 26.4 Å². The van der Waals surface area contributed by atoms with E-state index in [9.17, 15) is 13.2 Å². The summed E-state index contributed by atoms with van der Waals surface area (Å²) in [6, 6.07) is 5.42. The Morgan fingerprint density at radius 2 is 1.68 bits per heavy atom. The van der Waals surface area contributed by atoms with Crippen molar-refractivity contribution in [2.45, 2.75) is 94.5 Å². The Kier molecular flexibility index (Phi) is 5.79. The number of fused-ring (bicyclic) bond motifs is 1. The summed E-state index contributed by atoms with van der Waals surface area (Å²) in [5.74, 6) is 0.360. The summed E-state index contributed by atoms with van der Waals surface area (Å²) in [4.78, 5) is 15.0.